The molecule has 0 saturated heterocycles. The van der Waals surface area contributed by atoms with E-state index in [1.54, 1.807) is 0 Å². The van der Waals surface area contributed by atoms with Gasteiger partial charge in [0.1, 0.15) is 5.78 Å². The number of carbonyl (C=O) groups is 1. The highest BCUT2D eigenvalue weighted by Gasteiger charge is 2.22. The van der Waals surface area contributed by atoms with Gasteiger partial charge >= 0.3 is 0 Å². The van der Waals surface area contributed by atoms with Crippen molar-refractivity contribution in [3.8, 4) is 0 Å². The number of hydrogen-bond acceptors (Lipinski definition) is 1. The molecule has 0 aliphatic heterocycles. The molecular weight excluding hydrogens is 371 g/mol. The summed E-state index contributed by atoms with van der Waals surface area (Å²) < 4.78 is 0.596. The average Bonchev–Trinajstić information content (AvgIpc) is 2.53. The van der Waals surface area contributed by atoms with Gasteiger partial charge in [0.15, 0.2) is 0 Å². The molecule has 0 heterocycles. The van der Waals surface area contributed by atoms with Crippen molar-refractivity contribution in [1.29, 1.82) is 0 Å². The Bertz CT molecular complexity index is 814. The summed E-state index contributed by atoms with van der Waals surface area (Å²) in [6.07, 6.45) is 10.5. The summed E-state index contributed by atoms with van der Waals surface area (Å²) in [4.78, 5) is 11.9. The zero-order valence-electron chi connectivity index (χ0n) is 11.6. The summed E-state index contributed by atoms with van der Waals surface area (Å²) in [6, 6.07) is 8.89. The van der Waals surface area contributed by atoms with E-state index < -0.39 is 0 Å². The average molecular weight is 386 g/mol. The summed E-state index contributed by atoms with van der Waals surface area (Å²) in [5.74, 6) is 0.559. The van der Waals surface area contributed by atoms with E-state index in [-0.39, 0.29) is 5.92 Å². The first-order chi connectivity index (χ1) is 10.3. The molecule has 2 aliphatic carbocycles. The van der Waals surface area contributed by atoms with E-state index in [0.717, 1.165) is 6.42 Å². The lowest BCUT2D eigenvalue weighted by atomic mass is 9.80. The van der Waals surface area contributed by atoms with E-state index >= 15 is 0 Å². The Kier molecular flexibility index (Phi) is 3.21. The maximum absolute atomic E-state index is 11.9. The van der Waals surface area contributed by atoms with Crippen LogP contribution in [-0.2, 0) is 11.2 Å². The van der Waals surface area contributed by atoms with E-state index in [4.69, 9.17) is 0 Å². The maximum atomic E-state index is 11.9. The van der Waals surface area contributed by atoms with Crippen LogP contribution in [0.4, 0.5) is 0 Å². The van der Waals surface area contributed by atoms with Crippen LogP contribution in [0.15, 0.2) is 36.4 Å². The van der Waals surface area contributed by atoms with Crippen LogP contribution in [0.3, 0.4) is 0 Å². The minimum Gasteiger partial charge on any atom is -0.299 e. The fourth-order valence-electron chi connectivity index (χ4n) is 3.52. The largest absolute Gasteiger partial charge is 0.299 e. The molecule has 104 valence electrons. The summed E-state index contributed by atoms with van der Waals surface area (Å²) >= 11 is 2.16. The molecule has 0 radical (unpaired) electrons. The smallest absolute Gasteiger partial charge is 0.143 e. The predicted octanol–water partition coefficient (Wildman–Crippen LogP) is 4.91. The minimum atomic E-state index is 0.231. The van der Waals surface area contributed by atoms with Gasteiger partial charge in [-0.3, -0.25) is 4.79 Å². The van der Waals surface area contributed by atoms with Crippen molar-refractivity contribution >= 4 is 51.3 Å². The van der Waals surface area contributed by atoms with Crippen LogP contribution in [0.25, 0.3) is 22.9 Å². The second-order valence-electron chi connectivity index (χ2n) is 5.76. The summed E-state index contributed by atoms with van der Waals surface area (Å²) in [5, 5.41) is 2.76. The fourth-order valence-corrected chi connectivity index (χ4v) is 3.83. The van der Waals surface area contributed by atoms with E-state index in [0.29, 0.717) is 16.6 Å². The normalized spacial score (nSPS) is 18.2. The van der Waals surface area contributed by atoms with Crippen LogP contribution in [0.5, 0.6) is 0 Å². The van der Waals surface area contributed by atoms with Crippen molar-refractivity contribution in [2.24, 2.45) is 0 Å². The van der Waals surface area contributed by atoms with Crippen LogP contribution in [-0.4, -0.2) is 10.2 Å². The van der Waals surface area contributed by atoms with Crippen molar-refractivity contribution in [3.63, 3.8) is 0 Å². The summed E-state index contributed by atoms with van der Waals surface area (Å²) in [6.45, 7) is 0. The summed E-state index contributed by atoms with van der Waals surface area (Å²) in [5.41, 5.74) is 5.33. The molecule has 1 unspecified atom stereocenters. The Morgan fingerprint density at radius 2 is 1.90 bits per heavy atom. The predicted molar refractivity (Wildman–Crippen MR) is 97.0 cm³/mol. The zero-order chi connectivity index (χ0) is 14.4. The van der Waals surface area contributed by atoms with Crippen LogP contribution < -0.4 is 0 Å². The van der Waals surface area contributed by atoms with Crippen LogP contribution >= 0.6 is 22.6 Å². The lowest BCUT2D eigenvalue weighted by Crippen LogP contribution is -2.10. The molecule has 2 heteroatoms. The molecule has 1 atom stereocenters. The Labute approximate surface area is 137 Å². The van der Waals surface area contributed by atoms with Crippen LogP contribution in [0.2, 0.25) is 0 Å². The topological polar surface area (TPSA) is 17.1 Å². The van der Waals surface area contributed by atoms with Gasteiger partial charge in [-0.15, -0.1) is 0 Å². The zero-order valence-corrected chi connectivity index (χ0v) is 13.8. The van der Waals surface area contributed by atoms with Gasteiger partial charge < -0.3 is 0 Å². The third kappa shape index (κ3) is 2.08. The first kappa shape index (κ1) is 13.3. The molecule has 2 aromatic carbocycles. The molecule has 0 bridgehead atoms. The molecule has 21 heavy (non-hydrogen) atoms. The van der Waals surface area contributed by atoms with E-state index in [1.807, 2.05) is 0 Å². The third-order valence-electron chi connectivity index (χ3n) is 4.48. The monoisotopic (exact) mass is 386 g/mol. The molecule has 2 aliphatic rings. The van der Waals surface area contributed by atoms with Gasteiger partial charge in [-0.1, -0.05) is 71.2 Å². The number of ketones is 1. The highest BCUT2D eigenvalue weighted by Crippen LogP contribution is 2.41. The number of alkyl halides is 1. The number of Topliss-reactive ketones (excluding diaryl/α,β-unsaturated/α-hetero) is 1. The van der Waals surface area contributed by atoms with Crippen LogP contribution in [0, 0.1) is 0 Å². The number of carbonyl (C=O) groups excluding carboxylic acids is 1. The number of rotatable bonds is 3. The number of benzene rings is 2. The molecule has 0 amide bonds. The second-order valence-corrected chi connectivity index (χ2v) is 6.52. The first-order valence-electron chi connectivity index (χ1n) is 7.29. The molecule has 0 spiro atoms. The first-order valence-corrected chi connectivity index (χ1v) is 8.81. The Morgan fingerprint density at radius 1 is 1.10 bits per heavy atom. The fraction of sp³-hybridized carbons (Fsp3) is 0.211. The lowest BCUT2D eigenvalue weighted by molar-refractivity contribution is -0.116. The van der Waals surface area contributed by atoms with Crippen molar-refractivity contribution in [1.82, 2.24) is 0 Å². The third-order valence-corrected chi connectivity index (χ3v) is 5.33. The standard InChI is InChI=1S/C19H15IO/c20-11-16(21)10-15-7-6-14-5-4-12-2-1-3-13-8-9-17(15)19(14)18(12)13/h1,3-9,15H,2,10-11H2. The van der Waals surface area contributed by atoms with Gasteiger partial charge in [0.25, 0.3) is 0 Å². The molecule has 0 aromatic heterocycles. The van der Waals surface area contributed by atoms with Gasteiger partial charge in [0.2, 0.25) is 0 Å². The quantitative estimate of drug-likeness (QED) is 0.541. The highest BCUT2D eigenvalue weighted by molar-refractivity contribution is 14.1. The molecule has 0 fully saturated rings. The van der Waals surface area contributed by atoms with Crippen molar-refractivity contribution in [2.75, 3.05) is 4.43 Å². The molecule has 2 aromatic rings. The number of allylic oxidation sites excluding steroid dienone is 2. The maximum Gasteiger partial charge on any atom is 0.143 e. The summed E-state index contributed by atoms with van der Waals surface area (Å²) in [7, 11) is 0. The van der Waals surface area contributed by atoms with Crippen molar-refractivity contribution in [3.05, 3.63) is 58.7 Å². The number of halogens is 1. The molecule has 4 rings (SSSR count). The van der Waals surface area contributed by atoms with Crippen molar-refractivity contribution < 1.29 is 4.79 Å². The van der Waals surface area contributed by atoms with Gasteiger partial charge in [-0.05, 0) is 39.4 Å². The Balaban J connectivity index is 1.95. The van der Waals surface area contributed by atoms with Gasteiger partial charge in [-0.2, -0.15) is 0 Å². The van der Waals surface area contributed by atoms with Gasteiger partial charge in [0.05, 0.1) is 4.43 Å². The highest BCUT2D eigenvalue weighted by atomic mass is 127. The molecule has 0 saturated carbocycles. The van der Waals surface area contributed by atoms with E-state index in [1.165, 1.54) is 33.0 Å². The second kappa shape index (κ2) is 5.09. The SMILES string of the molecule is O=C(CI)CC1C=Cc2ccc3c4c(ccc1c24)C=CC3. The lowest BCUT2D eigenvalue weighted by Gasteiger charge is -2.24. The van der Waals surface area contributed by atoms with Gasteiger partial charge in [-0.25, -0.2) is 0 Å². The van der Waals surface area contributed by atoms with Crippen LogP contribution in [0.1, 0.15) is 34.6 Å². The molecule has 1 nitrogen and oxygen atoms in total. The molecular formula is C19H15IO. The van der Waals surface area contributed by atoms with Gasteiger partial charge in [0, 0.05) is 12.3 Å². The van der Waals surface area contributed by atoms with E-state index in [9.17, 15) is 4.79 Å². The molecule has 0 N–H and O–H groups in total. The van der Waals surface area contributed by atoms with Crippen molar-refractivity contribution in [2.45, 2.75) is 18.8 Å². The number of hydrogen-bond donors (Lipinski definition) is 0. The minimum absolute atomic E-state index is 0.231. The van der Waals surface area contributed by atoms with E-state index in [2.05, 4.69) is 71.2 Å². The Hall–Kier alpha value is -1.42. The Morgan fingerprint density at radius 3 is 2.76 bits per heavy atom.